The molecule has 0 aromatic heterocycles. The van der Waals surface area contributed by atoms with Crippen molar-refractivity contribution >= 4 is 43.6 Å². The first-order chi connectivity index (χ1) is 19.2. The number of hydrogen-bond donors (Lipinski definition) is 0. The van der Waals surface area contributed by atoms with E-state index in [4.69, 9.17) is 13.3 Å². The summed E-state index contributed by atoms with van der Waals surface area (Å²) in [6.45, 7) is 14.3. The highest BCUT2D eigenvalue weighted by Crippen LogP contribution is 2.50. The Labute approximate surface area is 240 Å². The quantitative estimate of drug-likeness (QED) is 0.193. The molecule has 0 N–H and O–H groups in total. The molecule has 0 saturated carbocycles. The van der Waals surface area contributed by atoms with Crippen LogP contribution >= 0.6 is 0 Å². The molecule has 5 aromatic carbocycles. The fourth-order valence-corrected chi connectivity index (χ4v) is 15.6. The predicted octanol–water partition coefficient (Wildman–Crippen LogP) is 9.32. The van der Waals surface area contributed by atoms with Crippen molar-refractivity contribution in [2.24, 2.45) is 0 Å². The SMILES string of the molecule is CC(C)[Si]1(C(C)C)Oc2c(cc3ccccc3c2-c2c(OCc3ccccc3)ccc3ccccc23)[Si](C)(C)O1. The van der Waals surface area contributed by atoms with Gasteiger partial charge in [-0.25, -0.2) is 0 Å². The van der Waals surface area contributed by atoms with Crippen molar-refractivity contribution in [3.8, 4) is 22.6 Å². The van der Waals surface area contributed by atoms with Gasteiger partial charge in [0.25, 0.3) is 0 Å². The molecule has 0 aliphatic carbocycles. The van der Waals surface area contributed by atoms with Crippen molar-refractivity contribution < 1.29 is 13.3 Å². The summed E-state index contributed by atoms with van der Waals surface area (Å²) in [7, 11) is -4.92. The summed E-state index contributed by atoms with van der Waals surface area (Å²) in [5, 5.41) is 5.97. The molecule has 0 unspecified atom stereocenters. The first-order valence-corrected chi connectivity index (χ1v) is 19.2. The molecular weight excluding hydrogens is 525 g/mol. The molecule has 0 saturated heterocycles. The van der Waals surface area contributed by atoms with Crippen molar-refractivity contribution in [2.75, 3.05) is 0 Å². The number of rotatable bonds is 6. The van der Waals surface area contributed by atoms with E-state index in [2.05, 4.69) is 132 Å². The normalized spacial score (nSPS) is 15.8. The van der Waals surface area contributed by atoms with Gasteiger partial charge in [0.1, 0.15) is 18.1 Å². The van der Waals surface area contributed by atoms with Crippen LogP contribution in [0.1, 0.15) is 33.3 Å². The molecule has 0 radical (unpaired) electrons. The zero-order valence-electron chi connectivity index (χ0n) is 24.3. The molecule has 5 heteroatoms. The van der Waals surface area contributed by atoms with Crippen LogP contribution in [-0.4, -0.2) is 16.9 Å². The topological polar surface area (TPSA) is 27.7 Å². The van der Waals surface area contributed by atoms with Crippen LogP contribution in [-0.2, 0) is 10.7 Å². The van der Waals surface area contributed by atoms with E-state index in [1.807, 2.05) is 6.07 Å². The highest BCUT2D eigenvalue weighted by Gasteiger charge is 2.55. The Hall–Kier alpha value is -3.39. The van der Waals surface area contributed by atoms with Gasteiger partial charge in [0.2, 0.25) is 8.32 Å². The van der Waals surface area contributed by atoms with E-state index in [0.717, 1.165) is 28.2 Å². The van der Waals surface area contributed by atoms with Gasteiger partial charge in [-0.2, -0.15) is 0 Å². The van der Waals surface area contributed by atoms with E-state index in [1.165, 1.54) is 26.7 Å². The standard InChI is InChI=1S/C35H38O3Si2/c1-24(2)40(25(3)4)37-35-32(39(5,6)38-40)22-28-17-11-13-19-30(28)34(35)33-29-18-12-10-16-27(29)20-21-31(33)36-23-26-14-8-7-9-15-26/h7-22,24-25H,23H2,1-6H3. The van der Waals surface area contributed by atoms with Crippen LogP contribution in [0.3, 0.4) is 0 Å². The third kappa shape index (κ3) is 4.46. The van der Waals surface area contributed by atoms with Crippen molar-refractivity contribution in [2.45, 2.75) is 58.5 Å². The predicted molar refractivity (Wildman–Crippen MR) is 172 cm³/mol. The second-order valence-electron chi connectivity index (χ2n) is 12.0. The van der Waals surface area contributed by atoms with Crippen molar-refractivity contribution in [1.29, 1.82) is 0 Å². The molecule has 40 heavy (non-hydrogen) atoms. The number of hydrogen-bond acceptors (Lipinski definition) is 3. The minimum Gasteiger partial charge on any atom is -0.520 e. The molecule has 0 bridgehead atoms. The summed E-state index contributed by atoms with van der Waals surface area (Å²) in [5.74, 6) is 1.88. The molecule has 0 atom stereocenters. The Morgan fingerprint density at radius 3 is 1.95 bits per heavy atom. The van der Waals surface area contributed by atoms with Crippen molar-refractivity contribution in [3.63, 3.8) is 0 Å². The first kappa shape index (κ1) is 26.8. The van der Waals surface area contributed by atoms with Crippen LogP contribution in [0.15, 0.2) is 97.1 Å². The molecule has 0 spiro atoms. The van der Waals surface area contributed by atoms with Crippen molar-refractivity contribution in [3.05, 3.63) is 103 Å². The summed E-state index contributed by atoms with van der Waals surface area (Å²) in [5.41, 5.74) is 4.01. The van der Waals surface area contributed by atoms with Gasteiger partial charge >= 0.3 is 8.56 Å². The molecule has 0 fully saturated rings. The molecule has 204 valence electrons. The molecule has 1 heterocycles. The van der Waals surface area contributed by atoms with Gasteiger partial charge in [0.05, 0.1) is 0 Å². The lowest BCUT2D eigenvalue weighted by Crippen LogP contribution is -2.65. The maximum Gasteiger partial charge on any atom is 0.394 e. The first-order valence-electron chi connectivity index (χ1n) is 14.4. The van der Waals surface area contributed by atoms with E-state index in [-0.39, 0.29) is 0 Å². The highest BCUT2D eigenvalue weighted by atomic mass is 28.4. The Morgan fingerprint density at radius 2 is 1.27 bits per heavy atom. The highest BCUT2D eigenvalue weighted by molar-refractivity contribution is 6.94. The third-order valence-electron chi connectivity index (χ3n) is 8.31. The maximum atomic E-state index is 7.33. The number of ether oxygens (including phenoxy) is 1. The second kappa shape index (κ2) is 10.2. The van der Waals surface area contributed by atoms with E-state index in [0.29, 0.717) is 17.7 Å². The average molecular weight is 563 g/mol. The van der Waals surface area contributed by atoms with Gasteiger partial charge in [-0.05, 0) is 52.3 Å². The Bertz CT molecular complexity index is 1680. The van der Waals surface area contributed by atoms with Gasteiger partial charge < -0.3 is 13.3 Å². The van der Waals surface area contributed by atoms with Crippen LogP contribution in [0.4, 0.5) is 0 Å². The van der Waals surface area contributed by atoms with E-state index >= 15 is 0 Å². The Kier molecular flexibility index (Phi) is 6.85. The lowest BCUT2D eigenvalue weighted by molar-refractivity contribution is 0.307. The zero-order chi connectivity index (χ0) is 28.1. The monoisotopic (exact) mass is 562 g/mol. The number of fused-ring (bicyclic) bond motifs is 3. The lowest BCUT2D eigenvalue weighted by atomic mass is 9.92. The largest absolute Gasteiger partial charge is 0.520 e. The van der Waals surface area contributed by atoms with E-state index in [1.54, 1.807) is 0 Å². The van der Waals surface area contributed by atoms with Crippen LogP contribution < -0.4 is 14.3 Å². The van der Waals surface area contributed by atoms with Gasteiger partial charge in [0.15, 0.2) is 0 Å². The van der Waals surface area contributed by atoms with Gasteiger partial charge in [0, 0.05) is 27.4 Å². The summed E-state index contributed by atoms with van der Waals surface area (Å²) in [4.78, 5) is 0. The van der Waals surface area contributed by atoms with Gasteiger partial charge in [-0.15, -0.1) is 0 Å². The molecular formula is C35H38O3Si2. The maximum absolute atomic E-state index is 7.33. The van der Waals surface area contributed by atoms with Crippen LogP contribution in [0.2, 0.25) is 24.2 Å². The van der Waals surface area contributed by atoms with Gasteiger partial charge in [-0.3, -0.25) is 0 Å². The zero-order valence-corrected chi connectivity index (χ0v) is 26.3. The Balaban J connectivity index is 1.69. The average Bonchev–Trinajstić information content (AvgIpc) is 2.95. The molecule has 6 rings (SSSR count). The third-order valence-corrected chi connectivity index (χ3v) is 17.0. The molecule has 3 nitrogen and oxygen atoms in total. The number of benzene rings is 5. The van der Waals surface area contributed by atoms with Crippen LogP contribution in [0.5, 0.6) is 11.5 Å². The van der Waals surface area contributed by atoms with Crippen molar-refractivity contribution in [1.82, 2.24) is 0 Å². The lowest BCUT2D eigenvalue weighted by Gasteiger charge is -2.48. The van der Waals surface area contributed by atoms with Gasteiger partial charge in [-0.1, -0.05) is 113 Å². The summed E-state index contributed by atoms with van der Waals surface area (Å²) in [6.07, 6.45) is 0. The molecule has 1 aliphatic rings. The second-order valence-corrected chi connectivity index (χ2v) is 20.4. The summed E-state index contributed by atoms with van der Waals surface area (Å²) < 4.78 is 21.2. The molecule has 0 amide bonds. The fourth-order valence-electron chi connectivity index (χ4n) is 6.27. The minimum atomic E-state index is -2.61. The molecule has 5 aromatic rings. The van der Waals surface area contributed by atoms with Crippen LogP contribution in [0.25, 0.3) is 32.7 Å². The summed E-state index contributed by atoms with van der Waals surface area (Å²) in [6, 6.07) is 34.3. The molecule has 1 aliphatic heterocycles. The smallest absolute Gasteiger partial charge is 0.394 e. The summed E-state index contributed by atoms with van der Waals surface area (Å²) >= 11 is 0. The van der Waals surface area contributed by atoms with E-state index in [9.17, 15) is 0 Å². The van der Waals surface area contributed by atoms with Crippen LogP contribution in [0, 0.1) is 0 Å². The van der Waals surface area contributed by atoms with E-state index < -0.39 is 16.9 Å². The fraction of sp³-hybridized carbons (Fsp3) is 0.257. The minimum absolute atomic E-state index is 0.313. The Morgan fingerprint density at radius 1 is 0.675 bits per heavy atom.